The van der Waals surface area contributed by atoms with E-state index in [0.29, 0.717) is 36.4 Å². The summed E-state index contributed by atoms with van der Waals surface area (Å²) in [5.74, 6) is 1.90. The molecule has 0 saturated carbocycles. The van der Waals surface area contributed by atoms with E-state index in [1.807, 2.05) is 30.3 Å². The van der Waals surface area contributed by atoms with Crippen molar-refractivity contribution in [3.05, 3.63) is 66.0 Å². The number of ether oxygens (including phenoxy) is 1. The second-order valence-corrected chi connectivity index (χ2v) is 7.24. The maximum atomic E-state index is 5.48. The standard InChI is InChI=1S/C22H22N8O/c1-16-5-4-6-17(13-16)14-24-28-20-18-15-25-30(19-7-2-3-8-23-19)21(18)27-22(26-20)29-9-11-31-12-10-29/h2-8,13-15H,9-12H2,1H3,(H,26,27,28)/b24-14+. The van der Waals surface area contributed by atoms with Crippen LogP contribution in [0.25, 0.3) is 16.9 Å². The van der Waals surface area contributed by atoms with Crippen LogP contribution in [0.2, 0.25) is 0 Å². The first-order valence-electron chi connectivity index (χ1n) is 10.1. The Bertz CT molecular complexity index is 1210. The first-order chi connectivity index (χ1) is 15.3. The number of fused-ring (bicyclic) bond motifs is 1. The van der Waals surface area contributed by atoms with E-state index in [4.69, 9.17) is 14.7 Å². The zero-order valence-corrected chi connectivity index (χ0v) is 17.1. The number of hydrogen-bond donors (Lipinski definition) is 1. The van der Waals surface area contributed by atoms with Gasteiger partial charge in [0.2, 0.25) is 5.95 Å². The second-order valence-electron chi connectivity index (χ2n) is 7.24. The zero-order chi connectivity index (χ0) is 21.0. The SMILES string of the molecule is Cc1cccc(/C=N/Nc2nc(N3CCOCC3)nc3c2cnn3-c2ccccn2)c1. The largest absolute Gasteiger partial charge is 0.378 e. The quantitative estimate of drug-likeness (QED) is 0.396. The summed E-state index contributed by atoms with van der Waals surface area (Å²) in [5, 5.41) is 9.68. The molecule has 0 unspecified atom stereocenters. The molecule has 1 aromatic carbocycles. The molecule has 9 nitrogen and oxygen atoms in total. The van der Waals surface area contributed by atoms with Crippen LogP contribution >= 0.6 is 0 Å². The fourth-order valence-corrected chi connectivity index (χ4v) is 3.45. The normalized spacial score (nSPS) is 14.4. The summed E-state index contributed by atoms with van der Waals surface area (Å²) in [6.07, 6.45) is 5.24. The molecule has 1 N–H and O–H groups in total. The fraction of sp³-hybridized carbons (Fsp3) is 0.227. The topological polar surface area (TPSA) is 93.4 Å². The molecule has 1 aliphatic rings. The van der Waals surface area contributed by atoms with Crippen LogP contribution in [0.15, 0.2) is 60.0 Å². The van der Waals surface area contributed by atoms with Crippen molar-refractivity contribution in [2.24, 2.45) is 5.10 Å². The molecule has 156 valence electrons. The molecule has 0 atom stereocenters. The van der Waals surface area contributed by atoms with Gasteiger partial charge in [0.25, 0.3) is 0 Å². The van der Waals surface area contributed by atoms with Crippen LogP contribution in [0.5, 0.6) is 0 Å². The second kappa shape index (κ2) is 8.49. The Morgan fingerprint density at radius 3 is 2.81 bits per heavy atom. The highest BCUT2D eigenvalue weighted by Crippen LogP contribution is 2.25. The Hall–Kier alpha value is -3.85. The Kier molecular flexibility index (Phi) is 5.24. The van der Waals surface area contributed by atoms with Crippen molar-refractivity contribution >= 4 is 29.0 Å². The van der Waals surface area contributed by atoms with E-state index in [1.54, 1.807) is 23.3 Å². The van der Waals surface area contributed by atoms with E-state index >= 15 is 0 Å². The third-order valence-corrected chi connectivity index (χ3v) is 5.00. The third kappa shape index (κ3) is 4.08. The number of anilines is 2. The van der Waals surface area contributed by atoms with Crippen molar-refractivity contribution < 1.29 is 4.74 Å². The molecule has 4 aromatic rings. The third-order valence-electron chi connectivity index (χ3n) is 5.00. The summed E-state index contributed by atoms with van der Waals surface area (Å²) < 4.78 is 7.20. The number of hydrazone groups is 1. The van der Waals surface area contributed by atoms with Crippen LogP contribution in [0.3, 0.4) is 0 Å². The first kappa shape index (κ1) is 19.1. The van der Waals surface area contributed by atoms with Crippen LogP contribution in [-0.4, -0.2) is 57.3 Å². The fourth-order valence-electron chi connectivity index (χ4n) is 3.45. The number of nitrogens with one attached hydrogen (secondary N) is 1. The molecule has 5 rings (SSSR count). The summed E-state index contributed by atoms with van der Waals surface area (Å²) in [7, 11) is 0. The number of aromatic nitrogens is 5. The molecule has 0 amide bonds. The van der Waals surface area contributed by atoms with Crippen LogP contribution in [0.1, 0.15) is 11.1 Å². The van der Waals surface area contributed by atoms with Gasteiger partial charge in [-0.15, -0.1) is 0 Å². The van der Waals surface area contributed by atoms with Gasteiger partial charge in [-0.3, -0.25) is 5.43 Å². The molecule has 0 spiro atoms. The van der Waals surface area contributed by atoms with Crippen molar-refractivity contribution in [1.29, 1.82) is 0 Å². The maximum absolute atomic E-state index is 5.48. The van der Waals surface area contributed by atoms with Gasteiger partial charge in [0.15, 0.2) is 17.3 Å². The van der Waals surface area contributed by atoms with Gasteiger partial charge in [-0.25, -0.2) is 4.98 Å². The van der Waals surface area contributed by atoms with Crippen molar-refractivity contribution in [2.45, 2.75) is 6.92 Å². The maximum Gasteiger partial charge on any atom is 0.229 e. The number of benzene rings is 1. The summed E-state index contributed by atoms with van der Waals surface area (Å²) in [6, 6.07) is 13.8. The van der Waals surface area contributed by atoms with Gasteiger partial charge in [0.05, 0.1) is 31.0 Å². The lowest BCUT2D eigenvalue weighted by Gasteiger charge is -2.27. The van der Waals surface area contributed by atoms with Crippen molar-refractivity contribution in [3.63, 3.8) is 0 Å². The smallest absolute Gasteiger partial charge is 0.229 e. The number of nitrogens with zero attached hydrogens (tertiary/aromatic N) is 7. The Morgan fingerprint density at radius 2 is 2.00 bits per heavy atom. The number of morpholine rings is 1. The molecular weight excluding hydrogens is 392 g/mol. The van der Waals surface area contributed by atoms with Crippen LogP contribution in [0.4, 0.5) is 11.8 Å². The summed E-state index contributed by atoms with van der Waals surface area (Å²) in [5.41, 5.74) is 5.95. The van der Waals surface area contributed by atoms with Gasteiger partial charge in [0, 0.05) is 19.3 Å². The van der Waals surface area contributed by atoms with Gasteiger partial charge >= 0.3 is 0 Å². The number of pyridine rings is 1. The van der Waals surface area contributed by atoms with Crippen molar-refractivity contribution in [1.82, 2.24) is 24.7 Å². The van der Waals surface area contributed by atoms with Gasteiger partial charge in [-0.2, -0.15) is 24.8 Å². The van der Waals surface area contributed by atoms with Crippen LogP contribution < -0.4 is 10.3 Å². The Balaban J connectivity index is 1.54. The zero-order valence-electron chi connectivity index (χ0n) is 17.1. The molecule has 1 fully saturated rings. The van der Waals surface area contributed by atoms with Gasteiger partial charge < -0.3 is 9.64 Å². The molecule has 0 aliphatic carbocycles. The lowest BCUT2D eigenvalue weighted by Crippen LogP contribution is -2.37. The number of aryl methyl sites for hydroxylation is 1. The lowest BCUT2D eigenvalue weighted by molar-refractivity contribution is 0.122. The molecule has 9 heteroatoms. The Labute approximate surface area is 179 Å². The summed E-state index contributed by atoms with van der Waals surface area (Å²) in [6.45, 7) is 4.81. The molecule has 1 saturated heterocycles. The minimum Gasteiger partial charge on any atom is -0.378 e. The monoisotopic (exact) mass is 414 g/mol. The molecule has 3 aromatic heterocycles. The minimum absolute atomic E-state index is 0.595. The summed E-state index contributed by atoms with van der Waals surface area (Å²) in [4.78, 5) is 16.1. The van der Waals surface area contributed by atoms with E-state index in [0.717, 1.165) is 24.0 Å². The van der Waals surface area contributed by atoms with Crippen molar-refractivity contribution in [3.8, 4) is 5.82 Å². The number of rotatable bonds is 5. The molecule has 0 radical (unpaired) electrons. The van der Waals surface area contributed by atoms with Gasteiger partial charge in [-0.1, -0.05) is 35.9 Å². The average molecular weight is 414 g/mol. The molecule has 1 aliphatic heterocycles. The predicted molar refractivity (Wildman–Crippen MR) is 120 cm³/mol. The van der Waals surface area contributed by atoms with E-state index in [-0.39, 0.29) is 0 Å². The molecule has 31 heavy (non-hydrogen) atoms. The highest BCUT2D eigenvalue weighted by atomic mass is 16.5. The van der Waals surface area contributed by atoms with Crippen LogP contribution in [0, 0.1) is 6.92 Å². The van der Waals surface area contributed by atoms with E-state index in [9.17, 15) is 0 Å². The van der Waals surface area contributed by atoms with E-state index in [1.165, 1.54) is 5.56 Å². The Morgan fingerprint density at radius 1 is 1.10 bits per heavy atom. The summed E-state index contributed by atoms with van der Waals surface area (Å²) >= 11 is 0. The average Bonchev–Trinajstić information content (AvgIpc) is 3.24. The van der Waals surface area contributed by atoms with Crippen molar-refractivity contribution in [2.75, 3.05) is 36.6 Å². The highest BCUT2D eigenvalue weighted by Gasteiger charge is 2.19. The molecule has 4 heterocycles. The first-order valence-corrected chi connectivity index (χ1v) is 10.1. The van der Waals surface area contributed by atoms with E-state index in [2.05, 4.69) is 44.6 Å². The van der Waals surface area contributed by atoms with Crippen LogP contribution in [-0.2, 0) is 4.74 Å². The van der Waals surface area contributed by atoms with E-state index < -0.39 is 0 Å². The number of hydrogen-bond acceptors (Lipinski definition) is 8. The minimum atomic E-state index is 0.595. The molecular formula is C22H22N8O. The van der Waals surface area contributed by atoms with Gasteiger partial charge in [-0.05, 0) is 24.6 Å². The molecule has 0 bridgehead atoms. The van der Waals surface area contributed by atoms with Gasteiger partial charge in [0.1, 0.15) is 0 Å². The lowest BCUT2D eigenvalue weighted by atomic mass is 10.2. The predicted octanol–water partition coefficient (Wildman–Crippen LogP) is 2.80. The highest BCUT2D eigenvalue weighted by molar-refractivity contribution is 5.89.